The first kappa shape index (κ1) is 20.5. The third-order valence-electron chi connectivity index (χ3n) is 5.45. The van der Waals surface area contributed by atoms with Crippen LogP contribution in [0.2, 0.25) is 5.02 Å². The van der Waals surface area contributed by atoms with E-state index in [2.05, 4.69) is 9.97 Å². The zero-order chi connectivity index (χ0) is 22.2. The van der Waals surface area contributed by atoms with Gasteiger partial charge in [-0.3, -0.25) is 4.79 Å². The summed E-state index contributed by atoms with van der Waals surface area (Å²) in [6, 6.07) is 2.12. The lowest BCUT2D eigenvalue weighted by atomic mass is 9.70. The van der Waals surface area contributed by atoms with E-state index in [1.54, 1.807) is 0 Å². The van der Waals surface area contributed by atoms with Crippen LogP contribution >= 0.6 is 11.6 Å². The highest BCUT2D eigenvalue weighted by atomic mass is 35.5. The van der Waals surface area contributed by atoms with Crippen LogP contribution in [0, 0.1) is 5.41 Å². The van der Waals surface area contributed by atoms with Crippen molar-refractivity contribution in [1.29, 1.82) is 0 Å². The molecule has 3 aromatic heterocycles. The highest BCUT2D eigenvalue weighted by molar-refractivity contribution is 6.30. The predicted molar refractivity (Wildman–Crippen MR) is 104 cm³/mol. The van der Waals surface area contributed by atoms with Gasteiger partial charge in [0.25, 0.3) is 5.56 Å². The van der Waals surface area contributed by atoms with Crippen molar-refractivity contribution in [1.82, 2.24) is 14.4 Å². The van der Waals surface area contributed by atoms with Gasteiger partial charge in [-0.1, -0.05) is 32.4 Å². The first-order valence-electron chi connectivity index (χ1n) is 9.07. The number of fused-ring (bicyclic) bond motifs is 5. The van der Waals surface area contributed by atoms with E-state index in [1.807, 2.05) is 20.8 Å². The topological polar surface area (TPSA) is 87.5 Å². The molecule has 1 aliphatic carbocycles. The number of halogens is 4. The van der Waals surface area contributed by atoms with Crippen molar-refractivity contribution in [3.8, 4) is 11.4 Å². The molecular weight excluding hydrogens is 423 g/mol. The number of pyridine rings is 2. The van der Waals surface area contributed by atoms with Crippen LogP contribution in [-0.4, -0.2) is 25.4 Å². The summed E-state index contributed by atoms with van der Waals surface area (Å²) in [7, 11) is 0. The van der Waals surface area contributed by atoms with Crippen molar-refractivity contribution < 1.29 is 23.1 Å². The number of hydrogen-bond donors (Lipinski definition) is 2. The fourth-order valence-corrected chi connectivity index (χ4v) is 4.22. The summed E-state index contributed by atoms with van der Waals surface area (Å²) in [6.07, 6.45) is -3.00. The quantitative estimate of drug-likeness (QED) is 0.573. The summed E-state index contributed by atoms with van der Waals surface area (Å²) < 4.78 is 42.1. The Morgan fingerprint density at radius 2 is 1.97 bits per heavy atom. The Kier molecular flexibility index (Phi) is 4.33. The van der Waals surface area contributed by atoms with Gasteiger partial charge in [-0.2, -0.15) is 13.2 Å². The lowest BCUT2D eigenvalue weighted by Crippen LogP contribution is -2.29. The Morgan fingerprint density at radius 1 is 1.30 bits per heavy atom. The van der Waals surface area contributed by atoms with E-state index in [-0.39, 0.29) is 33.4 Å². The van der Waals surface area contributed by atoms with Gasteiger partial charge in [0, 0.05) is 6.20 Å². The van der Waals surface area contributed by atoms with Crippen LogP contribution in [0.15, 0.2) is 23.1 Å². The number of aromatic amines is 1. The van der Waals surface area contributed by atoms with Crippen molar-refractivity contribution in [2.45, 2.75) is 39.3 Å². The van der Waals surface area contributed by atoms with E-state index in [9.17, 15) is 27.9 Å². The monoisotopic (exact) mass is 439 g/mol. The van der Waals surface area contributed by atoms with Crippen LogP contribution in [0.5, 0.6) is 0 Å². The molecule has 0 amide bonds. The number of aromatic carboxylic acids is 1. The van der Waals surface area contributed by atoms with Gasteiger partial charge in [-0.25, -0.2) is 9.78 Å². The Morgan fingerprint density at radius 3 is 2.53 bits per heavy atom. The second kappa shape index (κ2) is 6.34. The molecule has 0 saturated heterocycles. The number of carbonyl (C=O) groups is 1. The molecule has 0 radical (unpaired) electrons. The molecule has 1 aliphatic rings. The van der Waals surface area contributed by atoms with Gasteiger partial charge in [0.1, 0.15) is 22.5 Å². The Balaban J connectivity index is 2.11. The van der Waals surface area contributed by atoms with E-state index < -0.39 is 28.8 Å². The predicted octanol–water partition coefficient (Wildman–Crippen LogP) is 4.75. The van der Waals surface area contributed by atoms with Gasteiger partial charge in [0.05, 0.1) is 16.4 Å². The van der Waals surface area contributed by atoms with Gasteiger partial charge < -0.3 is 14.5 Å². The number of imidazole rings is 1. The van der Waals surface area contributed by atoms with Crippen LogP contribution in [0.25, 0.3) is 17.0 Å². The van der Waals surface area contributed by atoms with Gasteiger partial charge in [-0.05, 0) is 35.4 Å². The first-order chi connectivity index (χ1) is 13.8. The lowest BCUT2D eigenvalue weighted by molar-refractivity contribution is -0.136. The number of carboxylic acid groups (broad SMARTS) is 1. The first-order valence-corrected chi connectivity index (χ1v) is 9.45. The zero-order valence-electron chi connectivity index (χ0n) is 16.2. The minimum atomic E-state index is -4.67. The van der Waals surface area contributed by atoms with E-state index >= 15 is 0 Å². The lowest BCUT2D eigenvalue weighted by Gasteiger charge is -2.35. The van der Waals surface area contributed by atoms with Crippen LogP contribution in [0.1, 0.15) is 53.9 Å². The largest absolute Gasteiger partial charge is 0.477 e. The van der Waals surface area contributed by atoms with Crippen molar-refractivity contribution in [2.75, 3.05) is 0 Å². The number of nitrogens with zero attached hydrogens (tertiary/aromatic N) is 2. The molecule has 0 aliphatic heterocycles. The van der Waals surface area contributed by atoms with E-state index in [0.29, 0.717) is 17.7 Å². The van der Waals surface area contributed by atoms with Crippen LogP contribution in [0.4, 0.5) is 13.2 Å². The summed E-state index contributed by atoms with van der Waals surface area (Å²) in [4.78, 5) is 30.5. The second-order valence-electron chi connectivity index (χ2n) is 8.44. The smallest absolute Gasteiger partial charge is 0.420 e. The summed E-state index contributed by atoms with van der Waals surface area (Å²) >= 11 is 5.96. The van der Waals surface area contributed by atoms with Gasteiger partial charge in [0.2, 0.25) is 0 Å². The molecule has 0 bridgehead atoms. The molecule has 0 fully saturated rings. The van der Waals surface area contributed by atoms with E-state index in [4.69, 9.17) is 11.6 Å². The maximum Gasteiger partial charge on any atom is 0.420 e. The Bertz CT molecular complexity index is 1270. The molecule has 1 unspecified atom stereocenters. The van der Waals surface area contributed by atoms with E-state index in [0.717, 1.165) is 6.07 Å². The van der Waals surface area contributed by atoms with Crippen molar-refractivity contribution >= 4 is 23.2 Å². The summed E-state index contributed by atoms with van der Waals surface area (Å²) in [6.45, 7) is 5.82. The van der Waals surface area contributed by atoms with Gasteiger partial charge in [-0.15, -0.1) is 0 Å². The number of aromatic nitrogens is 3. The number of carboxylic acids is 1. The van der Waals surface area contributed by atoms with Crippen molar-refractivity contribution in [2.24, 2.45) is 5.41 Å². The molecule has 158 valence electrons. The SMILES string of the molecule is CC(C)(C)C1Cc2c(nc3c(C(F)(F)F)cc(Cl)cn23)-c2[nH]c(=O)c(C(=O)O)cc21. The maximum absolute atomic E-state index is 13.6. The molecular formula is C20H17ClF3N3O3. The summed E-state index contributed by atoms with van der Waals surface area (Å²) in [5.74, 6) is -1.65. The molecule has 4 rings (SSSR count). The third-order valence-corrected chi connectivity index (χ3v) is 5.65. The zero-order valence-corrected chi connectivity index (χ0v) is 16.9. The van der Waals surface area contributed by atoms with Crippen molar-refractivity contribution in [3.05, 3.63) is 56.1 Å². The highest BCUT2D eigenvalue weighted by Crippen LogP contribution is 2.47. The normalized spacial score (nSPS) is 16.4. The fraction of sp³-hybridized carbons (Fsp3) is 0.350. The molecule has 1 atom stereocenters. The van der Waals surface area contributed by atoms with Crippen LogP contribution in [-0.2, 0) is 12.6 Å². The molecule has 0 spiro atoms. The third kappa shape index (κ3) is 3.08. The molecule has 2 N–H and O–H groups in total. The average molecular weight is 440 g/mol. The van der Waals surface area contributed by atoms with Crippen molar-refractivity contribution in [3.63, 3.8) is 0 Å². The number of hydrogen-bond acceptors (Lipinski definition) is 3. The van der Waals surface area contributed by atoms with Gasteiger partial charge in [0.15, 0.2) is 0 Å². The minimum absolute atomic E-state index is 0.0946. The molecule has 0 saturated carbocycles. The molecule has 0 aromatic carbocycles. The molecule has 3 heterocycles. The minimum Gasteiger partial charge on any atom is -0.477 e. The number of rotatable bonds is 1. The number of nitrogens with one attached hydrogen (secondary N) is 1. The fourth-order valence-electron chi connectivity index (χ4n) is 4.01. The Hall–Kier alpha value is -2.81. The van der Waals surface area contributed by atoms with Gasteiger partial charge >= 0.3 is 12.1 Å². The molecule has 6 nitrogen and oxygen atoms in total. The number of alkyl halides is 3. The standard InChI is InChI=1S/C20H17ClF3N3O3/c1-19(2,3)11-6-13-15(14-9(11)5-10(18(29)30)17(28)26-14)25-16-12(20(22,23)24)4-8(21)7-27(13)16/h4-5,7,11H,6H2,1-3H3,(H,26,28)(H,29,30). The molecule has 10 heteroatoms. The number of H-pyrrole nitrogens is 1. The van der Waals surface area contributed by atoms with Crippen LogP contribution < -0.4 is 5.56 Å². The molecule has 3 aromatic rings. The second-order valence-corrected chi connectivity index (χ2v) is 8.88. The van der Waals surface area contributed by atoms with E-state index in [1.165, 1.54) is 16.7 Å². The summed E-state index contributed by atoms with van der Waals surface area (Å²) in [5, 5.41) is 9.25. The molecule has 30 heavy (non-hydrogen) atoms. The summed E-state index contributed by atoms with van der Waals surface area (Å²) in [5.41, 5.74) is -1.51. The van der Waals surface area contributed by atoms with Crippen LogP contribution in [0.3, 0.4) is 0 Å². The average Bonchev–Trinajstić information content (AvgIpc) is 2.96. The maximum atomic E-state index is 13.6. The Labute approximate surface area is 173 Å². The highest BCUT2D eigenvalue weighted by Gasteiger charge is 2.40.